The number of aromatic nitrogens is 4. The van der Waals surface area contributed by atoms with Gasteiger partial charge in [0, 0.05) is 31.1 Å². The predicted octanol–water partition coefficient (Wildman–Crippen LogP) is 2.96. The predicted molar refractivity (Wildman–Crippen MR) is 124 cm³/mol. The molecule has 168 valence electrons. The first-order valence-electron chi connectivity index (χ1n) is 9.14. The van der Waals surface area contributed by atoms with Gasteiger partial charge in [-0.2, -0.15) is 22.1 Å². The van der Waals surface area contributed by atoms with Crippen molar-refractivity contribution in [2.45, 2.75) is 18.7 Å². The van der Waals surface area contributed by atoms with Gasteiger partial charge in [-0.05, 0) is 45.2 Å². The summed E-state index contributed by atoms with van der Waals surface area (Å²) in [7, 11) is -0.529. The Labute approximate surface area is 191 Å². The van der Waals surface area contributed by atoms with Gasteiger partial charge in [-0.1, -0.05) is 0 Å². The van der Waals surface area contributed by atoms with Crippen molar-refractivity contribution in [1.29, 1.82) is 0 Å². The summed E-state index contributed by atoms with van der Waals surface area (Å²) in [6.45, 7) is 4.04. The monoisotopic (exact) mass is 483 g/mol. The topological polar surface area (TPSA) is 126 Å². The Morgan fingerprint density at radius 3 is 2.45 bits per heavy atom. The van der Waals surface area contributed by atoms with Crippen LogP contribution < -0.4 is 0 Å². The van der Waals surface area contributed by atoms with Gasteiger partial charge in [0.05, 0.1) is 28.2 Å². The summed E-state index contributed by atoms with van der Waals surface area (Å²) in [5.41, 5.74) is 2.03. The van der Waals surface area contributed by atoms with Crippen molar-refractivity contribution in [2.24, 2.45) is 10.2 Å². The van der Waals surface area contributed by atoms with E-state index in [9.17, 15) is 8.42 Å². The van der Waals surface area contributed by atoms with Gasteiger partial charge in [0.15, 0.2) is 9.84 Å². The van der Waals surface area contributed by atoms with Crippen LogP contribution in [-0.4, -0.2) is 69.9 Å². The maximum absolute atomic E-state index is 12.5. The molecule has 0 radical (unpaired) electrons. The number of aliphatic hydroxyl groups excluding tert-OH is 1. The van der Waals surface area contributed by atoms with Gasteiger partial charge in [-0.25, -0.2) is 18.1 Å². The third-order valence-corrected chi connectivity index (χ3v) is 6.96. The molecule has 0 atom stereocenters. The van der Waals surface area contributed by atoms with Gasteiger partial charge in [0.1, 0.15) is 11.5 Å². The molecule has 3 aromatic rings. The standard InChI is InChI=1S/C17H21N7O2S3.CH4O/c1-12-16(19-20-17-18-13(2)22-28-17)10-24(21-12)14-4-6-15(7-5-14)29(25,26)9-8-23(3)11-27;1-2/h4-7,10,27H,8-9,11H2,1-3H3;2H,1H3. The lowest BCUT2D eigenvalue weighted by molar-refractivity contribution is 0.399. The molecule has 10 nitrogen and oxygen atoms in total. The van der Waals surface area contributed by atoms with Crippen LogP contribution in [0.2, 0.25) is 0 Å². The number of hydrogen-bond donors (Lipinski definition) is 2. The molecule has 0 aliphatic heterocycles. The largest absolute Gasteiger partial charge is 0.400 e. The molecule has 0 spiro atoms. The van der Waals surface area contributed by atoms with Crippen molar-refractivity contribution in [3.05, 3.63) is 42.0 Å². The van der Waals surface area contributed by atoms with Crippen molar-refractivity contribution in [3.8, 4) is 5.69 Å². The Kier molecular flexibility index (Phi) is 9.25. The average Bonchev–Trinajstić information content (AvgIpc) is 3.37. The number of hydrogen-bond acceptors (Lipinski definition) is 11. The fraction of sp³-hybridized carbons (Fsp3) is 0.389. The summed E-state index contributed by atoms with van der Waals surface area (Å²) < 4.78 is 30.6. The second-order valence-corrected chi connectivity index (χ2v) is 9.52. The fourth-order valence-electron chi connectivity index (χ4n) is 2.38. The van der Waals surface area contributed by atoms with E-state index < -0.39 is 9.84 Å². The van der Waals surface area contributed by atoms with Crippen LogP contribution >= 0.6 is 24.2 Å². The van der Waals surface area contributed by atoms with Crippen LogP contribution in [0.3, 0.4) is 0 Å². The number of rotatable bonds is 8. The minimum atomic E-state index is -3.36. The molecular weight excluding hydrogens is 458 g/mol. The molecule has 1 N–H and O–H groups in total. The molecule has 0 unspecified atom stereocenters. The van der Waals surface area contributed by atoms with Gasteiger partial charge in [0.2, 0.25) is 5.13 Å². The zero-order valence-electron chi connectivity index (χ0n) is 17.7. The highest BCUT2D eigenvalue weighted by Crippen LogP contribution is 2.24. The van der Waals surface area contributed by atoms with Crippen LogP contribution in [0, 0.1) is 13.8 Å². The molecule has 0 bridgehead atoms. The smallest absolute Gasteiger partial charge is 0.249 e. The number of sulfone groups is 1. The summed E-state index contributed by atoms with van der Waals surface area (Å²) in [6.07, 6.45) is 1.73. The number of aryl methyl sites for hydroxylation is 2. The van der Waals surface area contributed by atoms with Crippen LogP contribution in [0.4, 0.5) is 10.8 Å². The van der Waals surface area contributed by atoms with Crippen molar-refractivity contribution < 1.29 is 13.5 Å². The molecule has 0 saturated carbocycles. The zero-order chi connectivity index (χ0) is 23.0. The third-order valence-electron chi connectivity index (χ3n) is 4.08. The number of azo groups is 1. The first kappa shape index (κ1) is 25.1. The molecular formula is C18H25N7O3S3. The molecule has 1 aromatic carbocycles. The maximum Gasteiger partial charge on any atom is 0.249 e. The van der Waals surface area contributed by atoms with E-state index in [-0.39, 0.29) is 10.6 Å². The Hall–Kier alpha value is -2.19. The summed E-state index contributed by atoms with van der Waals surface area (Å²) in [5.74, 6) is 1.20. The summed E-state index contributed by atoms with van der Waals surface area (Å²) in [4.78, 5) is 6.26. The average molecular weight is 484 g/mol. The molecule has 0 amide bonds. The van der Waals surface area contributed by atoms with Gasteiger partial charge in [0.25, 0.3) is 0 Å². The number of aliphatic hydroxyl groups is 1. The summed E-state index contributed by atoms with van der Waals surface area (Å²) in [5, 5.41) is 20.2. The summed E-state index contributed by atoms with van der Waals surface area (Å²) in [6, 6.07) is 6.62. The van der Waals surface area contributed by atoms with E-state index in [0.29, 0.717) is 34.8 Å². The molecule has 0 fully saturated rings. The zero-order valence-corrected chi connectivity index (χ0v) is 20.2. The van der Waals surface area contributed by atoms with Crippen molar-refractivity contribution in [3.63, 3.8) is 0 Å². The van der Waals surface area contributed by atoms with E-state index in [0.717, 1.165) is 12.8 Å². The van der Waals surface area contributed by atoms with E-state index in [1.807, 2.05) is 18.9 Å². The van der Waals surface area contributed by atoms with E-state index in [1.165, 1.54) is 11.5 Å². The molecule has 0 aliphatic carbocycles. The van der Waals surface area contributed by atoms with Gasteiger partial charge in [-0.3, -0.25) is 4.90 Å². The first-order valence-corrected chi connectivity index (χ1v) is 12.2. The normalized spacial score (nSPS) is 11.7. The highest BCUT2D eigenvalue weighted by atomic mass is 32.2. The number of thiol groups is 1. The molecule has 2 heterocycles. The number of nitrogens with zero attached hydrogens (tertiary/aromatic N) is 7. The van der Waals surface area contributed by atoms with E-state index >= 15 is 0 Å². The minimum absolute atomic E-state index is 0.0416. The van der Waals surface area contributed by atoms with E-state index in [2.05, 4.69) is 37.3 Å². The lowest BCUT2D eigenvalue weighted by Gasteiger charge is -2.13. The molecule has 3 rings (SSSR count). The molecule has 2 aromatic heterocycles. The maximum atomic E-state index is 12.5. The first-order chi connectivity index (χ1) is 14.8. The lowest BCUT2D eigenvalue weighted by atomic mass is 10.3. The highest BCUT2D eigenvalue weighted by molar-refractivity contribution is 7.91. The Bertz CT molecular complexity index is 1110. The number of benzene rings is 1. The minimum Gasteiger partial charge on any atom is -0.400 e. The summed E-state index contributed by atoms with van der Waals surface area (Å²) >= 11 is 5.31. The van der Waals surface area contributed by atoms with Gasteiger partial charge < -0.3 is 5.11 Å². The van der Waals surface area contributed by atoms with Crippen LogP contribution in [0.25, 0.3) is 5.69 Å². The SMILES string of the molecule is CO.Cc1nsc(N=Nc2cn(-c3ccc(S(=O)(=O)CCN(C)CS)cc3)nc2C)n1. The third kappa shape index (κ3) is 6.90. The fourth-order valence-corrected chi connectivity index (χ4v) is 4.36. The van der Waals surface area contributed by atoms with Crippen molar-refractivity contribution in [1.82, 2.24) is 24.0 Å². The molecule has 0 saturated heterocycles. The van der Waals surface area contributed by atoms with E-state index in [1.54, 1.807) is 42.1 Å². The molecule has 13 heteroatoms. The van der Waals surface area contributed by atoms with Crippen LogP contribution in [0.1, 0.15) is 11.5 Å². The lowest BCUT2D eigenvalue weighted by Crippen LogP contribution is -2.24. The Balaban J connectivity index is 0.00000166. The van der Waals surface area contributed by atoms with Crippen LogP contribution in [0.5, 0.6) is 0 Å². The van der Waals surface area contributed by atoms with Crippen molar-refractivity contribution >= 4 is 44.8 Å². The Morgan fingerprint density at radius 1 is 1.19 bits per heavy atom. The van der Waals surface area contributed by atoms with E-state index in [4.69, 9.17) is 5.11 Å². The highest BCUT2D eigenvalue weighted by Gasteiger charge is 2.15. The second kappa shape index (κ2) is 11.4. The van der Waals surface area contributed by atoms with Gasteiger partial charge >= 0.3 is 0 Å². The molecule has 31 heavy (non-hydrogen) atoms. The molecule has 0 aliphatic rings. The van der Waals surface area contributed by atoms with Crippen LogP contribution in [0.15, 0.2) is 45.6 Å². The van der Waals surface area contributed by atoms with Gasteiger partial charge in [-0.15, -0.1) is 10.2 Å². The van der Waals surface area contributed by atoms with Crippen molar-refractivity contribution in [2.75, 3.05) is 32.3 Å². The Morgan fingerprint density at radius 2 is 1.87 bits per heavy atom. The van der Waals surface area contributed by atoms with Crippen LogP contribution in [-0.2, 0) is 9.84 Å². The quantitative estimate of drug-likeness (QED) is 0.286. The second-order valence-electron chi connectivity index (χ2n) is 6.40.